The Hall–Kier alpha value is -0.980. The van der Waals surface area contributed by atoms with Crippen molar-refractivity contribution >= 4 is 0 Å². The van der Waals surface area contributed by atoms with E-state index in [2.05, 4.69) is 45.0 Å². The molecular weight excluding hydrogens is 318 g/mol. The summed E-state index contributed by atoms with van der Waals surface area (Å²) in [6.45, 7) is 8.18. The molecule has 5 heteroatoms. The maximum absolute atomic E-state index is 10.3. The van der Waals surface area contributed by atoms with E-state index in [9.17, 15) is 15.3 Å². The third-order valence-electron chi connectivity index (χ3n) is 5.59. The van der Waals surface area contributed by atoms with Gasteiger partial charge in [-0.25, -0.2) is 0 Å². The molecule has 0 bridgehead atoms. The summed E-state index contributed by atoms with van der Waals surface area (Å²) in [5.41, 5.74) is 2.51. The first-order chi connectivity index (χ1) is 11.8. The molecule has 2 saturated heterocycles. The molecule has 3 N–H and O–H groups in total. The van der Waals surface area contributed by atoms with Gasteiger partial charge in [0.25, 0.3) is 0 Å². The molecule has 0 amide bonds. The van der Waals surface area contributed by atoms with E-state index in [1.54, 1.807) is 0 Å². The highest BCUT2D eigenvalue weighted by molar-refractivity contribution is 5.27. The average Bonchev–Trinajstić information content (AvgIpc) is 2.80. The molecule has 5 nitrogen and oxygen atoms in total. The molecule has 140 valence electrons. The Bertz CT molecular complexity index is 568. The number of fused-ring (bicyclic) bond motifs is 1. The lowest BCUT2D eigenvalue weighted by Gasteiger charge is -2.37. The molecule has 1 aromatic rings. The summed E-state index contributed by atoms with van der Waals surface area (Å²) in [5, 5.41) is 30.7. The third kappa shape index (κ3) is 3.91. The number of hydrogen-bond acceptors (Lipinski definition) is 5. The van der Waals surface area contributed by atoms with Crippen LogP contribution in [-0.2, 0) is 16.8 Å². The molecular formula is C20H31NO4. The zero-order valence-electron chi connectivity index (χ0n) is 15.4. The van der Waals surface area contributed by atoms with E-state index in [1.165, 1.54) is 5.56 Å². The number of hydrogen-bond donors (Lipinski definition) is 3. The van der Waals surface area contributed by atoms with Crippen molar-refractivity contribution in [1.82, 2.24) is 4.90 Å². The Labute approximate surface area is 150 Å². The molecule has 3 rings (SSSR count). The van der Waals surface area contributed by atoms with Crippen LogP contribution in [0.3, 0.4) is 0 Å². The number of nitrogens with zero attached hydrogens (tertiary/aromatic N) is 1. The molecule has 2 aliphatic heterocycles. The SMILES string of the molecule is CC(C)(C)c1ccc(COC[C@@H]2[C@@H](O)[C@@H](O)[C@H]3[C@H](O)CCCN32)cc1. The molecule has 1 aromatic carbocycles. The Morgan fingerprint density at radius 1 is 1.08 bits per heavy atom. The van der Waals surface area contributed by atoms with Crippen LogP contribution in [-0.4, -0.2) is 63.8 Å². The minimum Gasteiger partial charge on any atom is -0.391 e. The number of piperidine rings is 1. The van der Waals surface area contributed by atoms with E-state index in [-0.39, 0.29) is 17.5 Å². The van der Waals surface area contributed by atoms with Crippen molar-refractivity contribution in [2.75, 3.05) is 13.2 Å². The highest BCUT2D eigenvalue weighted by Gasteiger charge is 2.51. The lowest BCUT2D eigenvalue weighted by Crippen LogP contribution is -2.51. The number of benzene rings is 1. The van der Waals surface area contributed by atoms with Crippen LogP contribution >= 0.6 is 0 Å². The van der Waals surface area contributed by atoms with Crippen molar-refractivity contribution in [2.24, 2.45) is 0 Å². The molecule has 2 aliphatic rings. The zero-order valence-corrected chi connectivity index (χ0v) is 15.4. The van der Waals surface area contributed by atoms with Gasteiger partial charge in [0, 0.05) is 0 Å². The summed E-state index contributed by atoms with van der Waals surface area (Å²) in [6.07, 6.45) is -0.801. The lowest BCUT2D eigenvalue weighted by molar-refractivity contribution is -0.0322. The second-order valence-corrected chi connectivity index (χ2v) is 8.45. The van der Waals surface area contributed by atoms with Crippen LogP contribution in [0.4, 0.5) is 0 Å². The van der Waals surface area contributed by atoms with E-state index in [1.807, 2.05) is 4.90 Å². The summed E-state index contributed by atoms with van der Waals surface area (Å²) in [6, 6.07) is 7.78. The van der Waals surface area contributed by atoms with Crippen molar-refractivity contribution in [1.29, 1.82) is 0 Å². The summed E-state index contributed by atoms with van der Waals surface area (Å²) in [7, 11) is 0. The van der Waals surface area contributed by atoms with Crippen molar-refractivity contribution in [3.05, 3.63) is 35.4 Å². The zero-order chi connectivity index (χ0) is 18.2. The smallest absolute Gasteiger partial charge is 0.0995 e. The fourth-order valence-electron chi connectivity index (χ4n) is 4.05. The standard InChI is InChI=1S/C20H31NO4/c1-20(2,3)14-8-6-13(7-9-14)11-25-12-15-18(23)19(24)17-16(22)5-4-10-21(15)17/h6-9,15-19,22-24H,4-5,10-12H2,1-3H3/t15-,16-,17-,18-,19+/m1/s1. The fraction of sp³-hybridized carbons (Fsp3) is 0.700. The summed E-state index contributed by atoms with van der Waals surface area (Å²) >= 11 is 0. The largest absolute Gasteiger partial charge is 0.391 e. The quantitative estimate of drug-likeness (QED) is 0.767. The monoisotopic (exact) mass is 349 g/mol. The maximum Gasteiger partial charge on any atom is 0.0995 e. The molecule has 0 saturated carbocycles. The summed E-state index contributed by atoms with van der Waals surface area (Å²) in [5.74, 6) is 0. The Balaban J connectivity index is 1.56. The van der Waals surface area contributed by atoms with Crippen LogP contribution in [0.15, 0.2) is 24.3 Å². The topological polar surface area (TPSA) is 73.2 Å². The van der Waals surface area contributed by atoms with E-state index >= 15 is 0 Å². The van der Waals surface area contributed by atoms with Gasteiger partial charge >= 0.3 is 0 Å². The van der Waals surface area contributed by atoms with Gasteiger partial charge in [-0.15, -0.1) is 0 Å². The number of aliphatic hydroxyl groups is 3. The van der Waals surface area contributed by atoms with Crippen LogP contribution in [0, 0.1) is 0 Å². The van der Waals surface area contributed by atoms with E-state index < -0.39 is 18.3 Å². The molecule has 25 heavy (non-hydrogen) atoms. The highest BCUT2D eigenvalue weighted by atomic mass is 16.5. The number of aliphatic hydroxyl groups excluding tert-OH is 3. The van der Waals surface area contributed by atoms with E-state index in [0.717, 1.165) is 18.5 Å². The van der Waals surface area contributed by atoms with Crippen LogP contribution in [0.1, 0.15) is 44.7 Å². The predicted octanol–water partition coefficient (Wildman–Crippen LogP) is 1.43. The first kappa shape index (κ1) is 18.8. The van der Waals surface area contributed by atoms with Gasteiger partial charge in [-0.2, -0.15) is 0 Å². The molecule has 0 spiro atoms. The van der Waals surface area contributed by atoms with Gasteiger partial charge in [-0.3, -0.25) is 4.90 Å². The third-order valence-corrected chi connectivity index (χ3v) is 5.59. The Kier molecular flexibility index (Phi) is 5.51. The van der Waals surface area contributed by atoms with Crippen LogP contribution in [0.25, 0.3) is 0 Å². The first-order valence-corrected chi connectivity index (χ1v) is 9.26. The van der Waals surface area contributed by atoms with Gasteiger partial charge in [0.2, 0.25) is 0 Å². The molecule has 0 unspecified atom stereocenters. The Morgan fingerprint density at radius 3 is 2.40 bits per heavy atom. The summed E-state index contributed by atoms with van der Waals surface area (Å²) in [4.78, 5) is 2.02. The van der Waals surface area contributed by atoms with Crippen molar-refractivity contribution in [2.45, 2.75) is 76.0 Å². The average molecular weight is 349 g/mol. The van der Waals surface area contributed by atoms with E-state index in [4.69, 9.17) is 4.74 Å². The van der Waals surface area contributed by atoms with Crippen LogP contribution in [0.2, 0.25) is 0 Å². The highest BCUT2D eigenvalue weighted by Crippen LogP contribution is 2.33. The van der Waals surface area contributed by atoms with Crippen molar-refractivity contribution in [3.8, 4) is 0 Å². The van der Waals surface area contributed by atoms with Crippen molar-refractivity contribution < 1.29 is 20.1 Å². The predicted molar refractivity (Wildman–Crippen MR) is 96.3 cm³/mol. The van der Waals surface area contributed by atoms with Gasteiger partial charge in [0.05, 0.1) is 43.6 Å². The molecule has 2 heterocycles. The maximum atomic E-state index is 10.3. The van der Waals surface area contributed by atoms with Crippen molar-refractivity contribution in [3.63, 3.8) is 0 Å². The number of ether oxygens (including phenoxy) is 1. The lowest BCUT2D eigenvalue weighted by atomic mass is 9.87. The van der Waals surface area contributed by atoms with Gasteiger partial charge < -0.3 is 20.1 Å². The molecule has 2 fully saturated rings. The second-order valence-electron chi connectivity index (χ2n) is 8.45. The first-order valence-electron chi connectivity index (χ1n) is 9.26. The Morgan fingerprint density at radius 2 is 1.76 bits per heavy atom. The molecule has 0 aromatic heterocycles. The number of rotatable bonds is 4. The van der Waals surface area contributed by atoms with E-state index in [0.29, 0.717) is 19.6 Å². The van der Waals surface area contributed by atoms with Crippen LogP contribution < -0.4 is 0 Å². The summed E-state index contributed by atoms with van der Waals surface area (Å²) < 4.78 is 5.84. The molecule has 0 radical (unpaired) electrons. The van der Waals surface area contributed by atoms with Gasteiger partial charge in [0.1, 0.15) is 0 Å². The molecule has 5 atom stereocenters. The van der Waals surface area contributed by atoms with Crippen LogP contribution in [0.5, 0.6) is 0 Å². The molecule has 0 aliphatic carbocycles. The minimum absolute atomic E-state index is 0.133. The van der Waals surface area contributed by atoms with Gasteiger partial charge in [-0.05, 0) is 35.9 Å². The fourth-order valence-corrected chi connectivity index (χ4v) is 4.05. The normalized spacial score (nSPS) is 33.4. The second kappa shape index (κ2) is 7.33. The minimum atomic E-state index is -0.907. The van der Waals surface area contributed by atoms with Gasteiger partial charge in [0.15, 0.2) is 0 Å². The van der Waals surface area contributed by atoms with Gasteiger partial charge in [-0.1, -0.05) is 45.0 Å².